The fraction of sp³-hybridized carbons (Fsp3) is 0.857. The minimum absolute atomic E-state index is 0.159. The van der Waals surface area contributed by atoms with Crippen molar-refractivity contribution in [1.29, 1.82) is 0 Å². The van der Waals surface area contributed by atoms with E-state index in [1.165, 1.54) is 0 Å². The molecular formula is C7H12O2. The smallest absolute Gasteiger partial charge is 0.161 e. The summed E-state index contributed by atoms with van der Waals surface area (Å²) in [6.45, 7) is 3.82. The Balaban J connectivity index is 2.44. The molecule has 0 radical (unpaired) electrons. The molecule has 2 nitrogen and oxygen atoms in total. The molecule has 2 heteroatoms. The average molecular weight is 128 g/mol. The van der Waals surface area contributed by atoms with Gasteiger partial charge in [0.2, 0.25) is 0 Å². The molecule has 1 saturated heterocycles. The summed E-state index contributed by atoms with van der Waals surface area (Å²) in [6.07, 6.45) is 1.71. The van der Waals surface area contributed by atoms with Crippen molar-refractivity contribution in [2.24, 2.45) is 0 Å². The molecule has 2 atom stereocenters. The van der Waals surface area contributed by atoms with Gasteiger partial charge in [0.05, 0.1) is 6.10 Å². The van der Waals surface area contributed by atoms with Crippen LogP contribution in [0.25, 0.3) is 0 Å². The molecule has 0 aromatic heterocycles. The molecule has 1 aliphatic rings. The highest BCUT2D eigenvalue weighted by Gasteiger charge is 2.22. The molecule has 0 aliphatic carbocycles. The molecule has 1 fully saturated rings. The molecule has 1 aliphatic heterocycles. The first-order valence-corrected chi connectivity index (χ1v) is 3.38. The van der Waals surface area contributed by atoms with Crippen molar-refractivity contribution in [3.8, 4) is 0 Å². The van der Waals surface area contributed by atoms with Gasteiger partial charge in [-0.15, -0.1) is 0 Å². The van der Waals surface area contributed by atoms with E-state index in [1.807, 2.05) is 13.8 Å². The van der Waals surface area contributed by atoms with Crippen LogP contribution in [-0.4, -0.2) is 18.0 Å². The molecule has 52 valence electrons. The highest BCUT2D eigenvalue weighted by atomic mass is 16.5. The quantitative estimate of drug-likeness (QED) is 0.489. The largest absolute Gasteiger partial charge is 0.368 e. The molecule has 0 spiro atoms. The number of hydrogen-bond donors (Lipinski definition) is 0. The van der Waals surface area contributed by atoms with Crippen LogP contribution in [0.1, 0.15) is 26.7 Å². The zero-order chi connectivity index (χ0) is 6.85. The van der Waals surface area contributed by atoms with Gasteiger partial charge in [-0.3, -0.25) is 4.79 Å². The van der Waals surface area contributed by atoms with Crippen molar-refractivity contribution in [2.75, 3.05) is 0 Å². The first-order valence-electron chi connectivity index (χ1n) is 3.38. The fourth-order valence-corrected chi connectivity index (χ4v) is 1.04. The summed E-state index contributed by atoms with van der Waals surface area (Å²) in [6, 6.07) is 0. The average Bonchev–Trinajstić information content (AvgIpc) is 1.80. The maximum Gasteiger partial charge on any atom is 0.161 e. The summed E-state index contributed by atoms with van der Waals surface area (Å²) in [5, 5.41) is 0. The molecule has 1 rings (SSSR count). The van der Waals surface area contributed by atoms with E-state index in [1.54, 1.807) is 0 Å². The van der Waals surface area contributed by atoms with Gasteiger partial charge < -0.3 is 4.74 Å². The van der Waals surface area contributed by atoms with E-state index in [-0.39, 0.29) is 18.0 Å². The Bertz CT molecular complexity index is 120. The Hall–Kier alpha value is -0.370. The molecule has 0 aromatic carbocycles. The van der Waals surface area contributed by atoms with Crippen LogP contribution in [0.4, 0.5) is 0 Å². The first-order chi connectivity index (χ1) is 4.20. The van der Waals surface area contributed by atoms with Crippen molar-refractivity contribution in [2.45, 2.75) is 38.9 Å². The summed E-state index contributed by atoms with van der Waals surface area (Å²) in [5.41, 5.74) is 0. The SMILES string of the molecule is CC1O[C@H](C)CCC1=O. The molecule has 9 heavy (non-hydrogen) atoms. The molecule has 1 heterocycles. The van der Waals surface area contributed by atoms with Crippen molar-refractivity contribution in [1.82, 2.24) is 0 Å². The number of ketones is 1. The second-order valence-electron chi connectivity index (χ2n) is 2.59. The van der Waals surface area contributed by atoms with E-state index in [9.17, 15) is 4.79 Å². The van der Waals surface area contributed by atoms with Crippen molar-refractivity contribution < 1.29 is 9.53 Å². The van der Waals surface area contributed by atoms with Gasteiger partial charge in [0.15, 0.2) is 5.78 Å². The van der Waals surface area contributed by atoms with Crippen LogP contribution in [0.15, 0.2) is 0 Å². The normalized spacial score (nSPS) is 36.9. The highest BCUT2D eigenvalue weighted by Crippen LogP contribution is 2.14. The number of ether oxygens (including phenoxy) is 1. The van der Waals surface area contributed by atoms with Crippen LogP contribution in [0.3, 0.4) is 0 Å². The van der Waals surface area contributed by atoms with Gasteiger partial charge in [-0.1, -0.05) is 0 Å². The zero-order valence-corrected chi connectivity index (χ0v) is 5.89. The number of rotatable bonds is 0. The Morgan fingerprint density at radius 2 is 2.22 bits per heavy atom. The molecule has 0 aromatic rings. The van der Waals surface area contributed by atoms with E-state index in [4.69, 9.17) is 4.74 Å². The summed E-state index contributed by atoms with van der Waals surface area (Å²) < 4.78 is 5.25. The molecule has 1 unspecified atom stereocenters. The van der Waals surface area contributed by atoms with Gasteiger partial charge in [-0.25, -0.2) is 0 Å². The van der Waals surface area contributed by atoms with E-state index >= 15 is 0 Å². The lowest BCUT2D eigenvalue weighted by molar-refractivity contribution is -0.139. The third-order valence-corrected chi connectivity index (χ3v) is 1.69. The highest BCUT2D eigenvalue weighted by molar-refractivity contribution is 5.83. The third kappa shape index (κ3) is 1.52. The fourth-order valence-electron chi connectivity index (χ4n) is 1.04. The van der Waals surface area contributed by atoms with E-state index in [2.05, 4.69) is 0 Å². The molecule has 0 bridgehead atoms. The Kier molecular flexibility index (Phi) is 1.86. The summed E-state index contributed by atoms with van der Waals surface area (Å²) in [4.78, 5) is 10.8. The van der Waals surface area contributed by atoms with E-state index in [0.29, 0.717) is 6.42 Å². The van der Waals surface area contributed by atoms with Crippen molar-refractivity contribution >= 4 is 5.78 Å². The van der Waals surface area contributed by atoms with Gasteiger partial charge in [0, 0.05) is 6.42 Å². The Morgan fingerprint density at radius 3 is 2.67 bits per heavy atom. The summed E-state index contributed by atoms with van der Waals surface area (Å²) in [5.74, 6) is 0.244. The maximum atomic E-state index is 10.8. The van der Waals surface area contributed by atoms with Gasteiger partial charge in [0.25, 0.3) is 0 Å². The van der Waals surface area contributed by atoms with Gasteiger partial charge >= 0.3 is 0 Å². The maximum absolute atomic E-state index is 10.8. The van der Waals surface area contributed by atoms with Crippen molar-refractivity contribution in [3.63, 3.8) is 0 Å². The lowest BCUT2D eigenvalue weighted by Gasteiger charge is -2.23. The predicted molar refractivity (Wildman–Crippen MR) is 34.2 cm³/mol. The van der Waals surface area contributed by atoms with Crippen LogP contribution in [0.2, 0.25) is 0 Å². The Morgan fingerprint density at radius 1 is 1.56 bits per heavy atom. The number of carbonyl (C=O) groups excluding carboxylic acids is 1. The zero-order valence-electron chi connectivity index (χ0n) is 5.89. The number of hydrogen-bond acceptors (Lipinski definition) is 2. The van der Waals surface area contributed by atoms with Crippen LogP contribution >= 0.6 is 0 Å². The monoisotopic (exact) mass is 128 g/mol. The lowest BCUT2D eigenvalue weighted by atomic mass is 10.1. The summed E-state index contributed by atoms with van der Waals surface area (Å²) >= 11 is 0. The number of carbonyl (C=O) groups is 1. The second-order valence-corrected chi connectivity index (χ2v) is 2.59. The molecule has 0 N–H and O–H groups in total. The van der Waals surface area contributed by atoms with Gasteiger partial charge in [0.1, 0.15) is 6.10 Å². The molecule has 0 saturated carbocycles. The Labute approximate surface area is 55.2 Å². The van der Waals surface area contributed by atoms with Crippen LogP contribution in [-0.2, 0) is 9.53 Å². The van der Waals surface area contributed by atoms with Crippen molar-refractivity contribution in [3.05, 3.63) is 0 Å². The van der Waals surface area contributed by atoms with Crippen LogP contribution in [0, 0.1) is 0 Å². The lowest BCUT2D eigenvalue weighted by Crippen LogP contribution is -2.31. The van der Waals surface area contributed by atoms with Crippen LogP contribution < -0.4 is 0 Å². The van der Waals surface area contributed by atoms with E-state index in [0.717, 1.165) is 6.42 Å². The van der Waals surface area contributed by atoms with Crippen LogP contribution in [0.5, 0.6) is 0 Å². The minimum Gasteiger partial charge on any atom is -0.368 e. The third-order valence-electron chi connectivity index (χ3n) is 1.69. The topological polar surface area (TPSA) is 26.3 Å². The first kappa shape index (κ1) is 6.75. The summed E-state index contributed by atoms with van der Waals surface area (Å²) in [7, 11) is 0. The minimum atomic E-state index is -0.159. The predicted octanol–water partition coefficient (Wildman–Crippen LogP) is 1.14. The van der Waals surface area contributed by atoms with Gasteiger partial charge in [-0.05, 0) is 20.3 Å². The number of Topliss-reactive ketones (excluding diaryl/α,β-unsaturated/α-hetero) is 1. The second kappa shape index (κ2) is 2.48. The molecule has 0 amide bonds. The van der Waals surface area contributed by atoms with Gasteiger partial charge in [-0.2, -0.15) is 0 Å². The molecular weight excluding hydrogens is 116 g/mol. The standard InChI is InChI=1S/C7H12O2/c1-5-3-4-7(8)6(2)9-5/h5-6H,3-4H2,1-2H3/t5-,6?/m1/s1. The van der Waals surface area contributed by atoms with E-state index < -0.39 is 0 Å².